The first kappa shape index (κ1) is 35.8. The Bertz CT molecular complexity index is 1140. The van der Waals surface area contributed by atoms with E-state index in [1.54, 1.807) is 24.3 Å². The molecule has 2 rings (SSSR count). The molecule has 0 unspecified atom stereocenters. The highest BCUT2D eigenvalue weighted by atomic mass is 79.9. The average Bonchev–Trinajstić information content (AvgIpc) is 2.98. The standard InChI is InChI=1S/C28H36Br2N4O6S2/c29-21-15-19(7-9-25(21)35)17-23(33-39)27(37)31-11-3-1-5-13-41-42-14-6-2-4-12-32-28(38)24(34-40)18-20-8-10-26(36)22(30)16-20/h7-10,15-16,35-36,39-40H,1-6,11-14,17-18H2,(H,31,37)(H,32,38)/b33-23+,34-24+. The number of carbonyl (C=O) groups excluding carboxylic acids is 2. The largest absolute Gasteiger partial charge is 0.507 e. The zero-order valence-corrected chi connectivity index (χ0v) is 27.8. The average molecular weight is 749 g/mol. The van der Waals surface area contributed by atoms with Crippen molar-refractivity contribution in [1.29, 1.82) is 0 Å². The number of oxime groups is 2. The zero-order chi connectivity index (χ0) is 30.7. The van der Waals surface area contributed by atoms with Crippen LogP contribution in [0.5, 0.6) is 11.5 Å². The SMILES string of the molecule is O=C(NCCCCCSSCCCCCNC(=O)/C(Cc1ccc(O)c(Br)c1)=N/O)/C(Cc1ccc(O)c(Br)c1)=N/O. The minimum absolute atomic E-state index is 0.0184. The second-order valence-electron chi connectivity index (χ2n) is 9.30. The lowest BCUT2D eigenvalue weighted by molar-refractivity contribution is -0.115. The molecular weight excluding hydrogens is 712 g/mol. The molecule has 6 N–H and O–H groups in total. The molecule has 2 aromatic carbocycles. The highest BCUT2D eigenvalue weighted by molar-refractivity contribution is 9.11. The van der Waals surface area contributed by atoms with Gasteiger partial charge in [0, 0.05) is 37.4 Å². The van der Waals surface area contributed by atoms with Crippen LogP contribution >= 0.6 is 53.4 Å². The summed E-state index contributed by atoms with van der Waals surface area (Å²) in [6.45, 7) is 1.01. The quantitative estimate of drug-likeness (QED) is 0.0334. The molecule has 2 aromatic rings. The lowest BCUT2D eigenvalue weighted by atomic mass is 10.1. The predicted molar refractivity (Wildman–Crippen MR) is 176 cm³/mol. The van der Waals surface area contributed by atoms with E-state index in [-0.39, 0.29) is 35.8 Å². The molecule has 0 aliphatic heterocycles. The van der Waals surface area contributed by atoms with E-state index in [1.807, 2.05) is 21.6 Å². The summed E-state index contributed by atoms with van der Waals surface area (Å²) in [6.07, 6.45) is 6.02. The molecule has 2 amide bonds. The number of benzene rings is 2. The molecule has 0 saturated heterocycles. The van der Waals surface area contributed by atoms with Crippen LogP contribution in [0, 0.1) is 0 Å². The molecule has 0 saturated carbocycles. The van der Waals surface area contributed by atoms with Gasteiger partial charge in [-0.1, -0.05) is 56.9 Å². The zero-order valence-electron chi connectivity index (χ0n) is 23.0. The molecule has 0 aliphatic rings. The lowest BCUT2D eigenvalue weighted by Gasteiger charge is -2.08. The molecule has 0 aromatic heterocycles. The third-order valence-electron chi connectivity index (χ3n) is 6.00. The van der Waals surface area contributed by atoms with Crippen LogP contribution in [0.15, 0.2) is 55.7 Å². The van der Waals surface area contributed by atoms with Crippen molar-refractivity contribution in [2.75, 3.05) is 24.6 Å². The van der Waals surface area contributed by atoms with Crippen molar-refractivity contribution in [2.24, 2.45) is 10.3 Å². The van der Waals surface area contributed by atoms with Gasteiger partial charge in [-0.3, -0.25) is 9.59 Å². The maximum atomic E-state index is 12.3. The highest BCUT2D eigenvalue weighted by Gasteiger charge is 2.14. The maximum absolute atomic E-state index is 12.3. The van der Waals surface area contributed by atoms with Gasteiger partial charge in [0.25, 0.3) is 11.8 Å². The third-order valence-corrected chi connectivity index (χ3v) is 9.84. The Morgan fingerprint density at radius 1 is 0.667 bits per heavy atom. The molecule has 0 aliphatic carbocycles. The van der Waals surface area contributed by atoms with Crippen LogP contribution in [-0.2, 0) is 22.4 Å². The fraction of sp³-hybridized carbons (Fsp3) is 0.429. The van der Waals surface area contributed by atoms with Gasteiger partial charge in [0.15, 0.2) is 0 Å². The summed E-state index contributed by atoms with van der Waals surface area (Å²) < 4.78 is 1.02. The Balaban J connectivity index is 1.44. The van der Waals surface area contributed by atoms with E-state index < -0.39 is 11.8 Å². The molecule has 0 fully saturated rings. The van der Waals surface area contributed by atoms with E-state index in [0.717, 1.165) is 61.2 Å². The maximum Gasteiger partial charge on any atom is 0.269 e. The molecule has 42 heavy (non-hydrogen) atoms. The second-order valence-corrected chi connectivity index (χ2v) is 13.7. The van der Waals surface area contributed by atoms with Gasteiger partial charge in [-0.25, -0.2) is 0 Å². The first-order valence-corrected chi connectivity index (χ1v) is 17.5. The minimum atomic E-state index is -0.407. The van der Waals surface area contributed by atoms with Crippen molar-refractivity contribution in [3.05, 3.63) is 56.5 Å². The molecule has 14 heteroatoms. The number of hydrogen-bond acceptors (Lipinski definition) is 10. The second kappa shape index (κ2) is 20.5. The van der Waals surface area contributed by atoms with Crippen molar-refractivity contribution in [2.45, 2.75) is 51.4 Å². The summed E-state index contributed by atoms with van der Waals surface area (Å²) in [5, 5.41) is 49.4. The number of phenolic OH excluding ortho intramolecular Hbond substituents is 2. The van der Waals surface area contributed by atoms with E-state index in [4.69, 9.17) is 0 Å². The number of amides is 2. The number of unbranched alkanes of at least 4 members (excludes halogenated alkanes) is 4. The van der Waals surface area contributed by atoms with Gasteiger partial charge in [0.05, 0.1) is 8.95 Å². The summed E-state index contributed by atoms with van der Waals surface area (Å²) in [7, 11) is 3.66. The van der Waals surface area contributed by atoms with E-state index in [2.05, 4.69) is 52.8 Å². The summed E-state index contributed by atoms with van der Waals surface area (Å²) in [5.41, 5.74) is 1.51. The molecule has 0 bridgehead atoms. The van der Waals surface area contributed by atoms with E-state index >= 15 is 0 Å². The van der Waals surface area contributed by atoms with Crippen LogP contribution in [0.2, 0.25) is 0 Å². The molecule has 230 valence electrons. The molecular formula is C28H36Br2N4O6S2. The number of nitrogens with zero attached hydrogens (tertiary/aromatic N) is 2. The van der Waals surface area contributed by atoms with Crippen LogP contribution in [-0.4, -0.2) is 68.5 Å². The van der Waals surface area contributed by atoms with Gasteiger partial charge >= 0.3 is 0 Å². The van der Waals surface area contributed by atoms with E-state index in [9.17, 15) is 30.2 Å². The monoisotopic (exact) mass is 746 g/mol. The Morgan fingerprint density at radius 3 is 1.43 bits per heavy atom. The molecule has 10 nitrogen and oxygen atoms in total. The summed E-state index contributed by atoms with van der Waals surface area (Å²) in [6, 6.07) is 9.72. The number of rotatable bonds is 19. The first-order chi connectivity index (χ1) is 20.2. The van der Waals surface area contributed by atoms with E-state index in [1.165, 1.54) is 12.1 Å². The summed E-state index contributed by atoms with van der Waals surface area (Å²) in [5.74, 6) is 1.43. The smallest absolute Gasteiger partial charge is 0.269 e. The summed E-state index contributed by atoms with van der Waals surface area (Å²) >= 11 is 6.46. The van der Waals surface area contributed by atoms with Gasteiger partial charge in [0.1, 0.15) is 22.9 Å². The Kier molecular flexibility index (Phi) is 17.4. The Hall–Kier alpha value is -2.42. The summed E-state index contributed by atoms with van der Waals surface area (Å²) in [4.78, 5) is 24.6. The van der Waals surface area contributed by atoms with Crippen LogP contribution in [0.1, 0.15) is 49.7 Å². The minimum Gasteiger partial charge on any atom is -0.507 e. The van der Waals surface area contributed by atoms with E-state index in [0.29, 0.717) is 22.0 Å². The fourth-order valence-electron chi connectivity index (χ4n) is 3.68. The number of halogens is 2. The Morgan fingerprint density at radius 2 is 1.07 bits per heavy atom. The fourth-order valence-corrected chi connectivity index (χ4v) is 6.83. The van der Waals surface area contributed by atoms with Gasteiger partial charge in [-0.15, -0.1) is 0 Å². The predicted octanol–water partition coefficient (Wildman–Crippen LogP) is 6.02. The first-order valence-electron chi connectivity index (χ1n) is 13.4. The van der Waals surface area contributed by atoms with Crippen LogP contribution in [0.3, 0.4) is 0 Å². The highest BCUT2D eigenvalue weighted by Crippen LogP contribution is 2.26. The lowest BCUT2D eigenvalue weighted by Crippen LogP contribution is -2.33. The van der Waals surface area contributed by atoms with Crippen molar-refractivity contribution >= 4 is 76.7 Å². The molecule has 0 spiro atoms. The van der Waals surface area contributed by atoms with Gasteiger partial charge < -0.3 is 31.3 Å². The number of hydrogen-bond donors (Lipinski definition) is 6. The topological polar surface area (TPSA) is 164 Å². The normalized spacial score (nSPS) is 11.9. The number of aromatic hydroxyl groups is 2. The number of phenols is 2. The van der Waals surface area contributed by atoms with Gasteiger partial charge in [-0.2, -0.15) is 0 Å². The molecule has 0 heterocycles. The van der Waals surface area contributed by atoms with Gasteiger partial charge in [-0.05, 0) is 92.9 Å². The number of carbonyl (C=O) groups is 2. The Labute approximate surface area is 270 Å². The van der Waals surface area contributed by atoms with Crippen molar-refractivity contribution < 1.29 is 30.2 Å². The van der Waals surface area contributed by atoms with Crippen molar-refractivity contribution in [3.63, 3.8) is 0 Å². The van der Waals surface area contributed by atoms with Gasteiger partial charge in [0.2, 0.25) is 0 Å². The molecule has 0 atom stereocenters. The van der Waals surface area contributed by atoms with Crippen LogP contribution in [0.25, 0.3) is 0 Å². The van der Waals surface area contributed by atoms with Crippen LogP contribution < -0.4 is 10.6 Å². The number of nitrogens with one attached hydrogen (secondary N) is 2. The van der Waals surface area contributed by atoms with Crippen LogP contribution in [0.4, 0.5) is 0 Å². The molecule has 0 radical (unpaired) electrons. The van der Waals surface area contributed by atoms with Crippen molar-refractivity contribution in [3.8, 4) is 11.5 Å². The van der Waals surface area contributed by atoms with Crippen molar-refractivity contribution in [1.82, 2.24) is 10.6 Å². The third kappa shape index (κ3) is 13.7.